The number of imide groups is 1. The second-order valence-electron chi connectivity index (χ2n) is 7.56. The van der Waals surface area contributed by atoms with Crippen molar-refractivity contribution in [2.45, 2.75) is 51.5 Å². The number of aryl methyl sites for hydroxylation is 1. The van der Waals surface area contributed by atoms with Gasteiger partial charge in [0.15, 0.2) is 0 Å². The van der Waals surface area contributed by atoms with Gasteiger partial charge in [0.05, 0.1) is 12.1 Å². The van der Waals surface area contributed by atoms with Gasteiger partial charge < -0.3 is 9.73 Å². The van der Waals surface area contributed by atoms with Crippen LogP contribution in [0.2, 0.25) is 5.02 Å². The lowest BCUT2D eigenvalue weighted by Gasteiger charge is -2.23. The number of benzene rings is 1. The first-order valence-corrected chi connectivity index (χ1v) is 9.50. The highest BCUT2D eigenvalue weighted by Crippen LogP contribution is 2.33. The molecule has 9 heteroatoms. The first kappa shape index (κ1) is 21.0. The Morgan fingerprint density at radius 3 is 2.72 bits per heavy atom. The lowest BCUT2D eigenvalue weighted by molar-refractivity contribution is -0.134. The summed E-state index contributed by atoms with van der Waals surface area (Å²) in [7, 11) is 0. The minimum Gasteiger partial charge on any atom is -0.445 e. The third kappa shape index (κ3) is 4.32. The smallest absolute Gasteiger partial charge is 0.235 e. The minimum atomic E-state index is -1.01. The van der Waals surface area contributed by atoms with Crippen LogP contribution in [0.25, 0.3) is 0 Å². The van der Waals surface area contributed by atoms with Gasteiger partial charge in [0.25, 0.3) is 0 Å². The average molecular weight is 422 g/mol. The van der Waals surface area contributed by atoms with Crippen LogP contribution in [0.3, 0.4) is 0 Å². The van der Waals surface area contributed by atoms with Crippen LogP contribution in [-0.4, -0.2) is 22.7 Å². The summed E-state index contributed by atoms with van der Waals surface area (Å²) in [6.07, 6.45) is 1.85. The third-order valence-electron chi connectivity index (χ3n) is 4.90. The van der Waals surface area contributed by atoms with Gasteiger partial charge in [0.2, 0.25) is 23.6 Å². The molecular formula is C20H21ClFN3O4. The molecule has 1 aliphatic heterocycles. The van der Waals surface area contributed by atoms with Crippen LogP contribution < -0.4 is 10.6 Å². The normalized spacial score (nSPS) is 17.2. The number of hydrogen-bond donors (Lipinski definition) is 2. The average Bonchev–Trinajstić information content (AvgIpc) is 3.08. The van der Waals surface area contributed by atoms with Crippen LogP contribution in [0, 0.1) is 12.7 Å². The Kier molecular flexibility index (Phi) is 5.75. The van der Waals surface area contributed by atoms with Gasteiger partial charge in [-0.3, -0.25) is 19.7 Å². The van der Waals surface area contributed by atoms with E-state index in [9.17, 15) is 18.8 Å². The second-order valence-corrected chi connectivity index (χ2v) is 7.97. The van der Waals surface area contributed by atoms with Crippen LogP contribution >= 0.6 is 11.6 Å². The number of aromatic nitrogens is 1. The van der Waals surface area contributed by atoms with E-state index in [1.807, 2.05) is 0 Å². The Labute approximate surface area is 172 Å². The van der Waals surface area contributed by atoms with Crippen molar-refractivity contribution in [2.75, 3.05) is 0 Å². The van der Waals surface area contributed by atoms with Crippen molar-refractivity contribution in [3.8, 4) is 0 Å². The van der Waals surface area contributed by atoms with E-state index in [0.717, 1.165) is 0 Å². The molecule has 0 radical (unpaired) electrons. The monoisotopic (exact) mass is 421 g/mol. The molecule has 1 aromatic heterocycles. The Hall–Kier alpha value is -2.74. The summed E-state index contributed by atoms with van der Waals surface area (Å²) in [5.41, 5.74) is -0.512. The molecule has 1 fully saturated rings. The Balaban J connectivity index is 1.73. The number of piperidine rings is 1. The van der Waals surface area contributed by atoms with Crippen molar-refractivity contribution in [3.05, 3.63) is 51.9 Å². The Morgan fingerprint density at radius 2 is 2.14 bits per heavy atom. The Morgan fingerprint density at radius 1 is 1.41 bits per heavy atom. The summed E-state index contributed by atoms with van der Waals surface area (Å²) in [5.74, 6) is -1.89. The van der Waals surface area contributed by atoms with Gasteiger partial charge in [0, 0.05) is 23.6 Å². The molecule has 0 spiro atoms. The van der Waals surface area contributed by atoms with Gasteiger partial charge in [0.1, 0.15) is 17.0 Å². The summed E-state index contributed by atoms with van der Waals surface area (Å²) < 4.78 is 20.2. The van der Waals surface area contributed by atoms with Crippen molar-refractivity contribution >= 4 is 29.3 Å². The molecule has 0 saturated carbocycles. The van der Waals surface area contributed by atoms with E-state index in [4.69, 9.17) is 16.0 Å². The predicted octanol–water partition coefficient (Wildman–Crippen LogP) is 2.89. The number of nitrogens with zero attached hydrogens (tertiary/aromatic N) is 1. The molecule has 0 bridgehead atoms. The molecule has 1 unspecified atom stereocenters. The number of nitrogens with one attached hydrogen (secondary N) is 2. The first-order valence-electron chi connectivity index (χ1n) is 9.12. The highest BCUT2D eigenvalue weighted by atomic mass is 35.5. The van der Waals surface area contributed by atoms with E-state index >= 15 is 0 Å². The molecule has 2 aromatic rings. The molecule has 0 aliphatic carbocycles. The fourth-order valence-corrected chi connectivity index (χ4v) is 3.55. The lowest BCUT2D eigenvalue weighted by atomic mass is 9.89. The van der Waals surface area contributed by atoms with Gasteiger partial charge in [-0.1, -0.05) is 11.6 Å². The van der Waals surface area contributed by atoms with Gasteiger partial charge in [-0.2, -0.15) is 0 Å². The minimum absolute atomic E-state index is 0.0359. The fraction of sp³-hybridized carbons (Fsp3) is 0.400. The third-order valence-corrected chi connectivity index (χ3v) is 5.22. The predicted molar refractivity (Wildman–Crippen MR) is 103 cm³/mol. The van der Waals surface area contributed by atoms with E-state index < -0.39 is 23.1 Å². The van der Waals surface area contributed by atoms with Crippen LogP contribution in [0.5, 0.6) is 0 Å². The number of hydrogen-bond acceptors (Lipinski definition) is 5. The molecule has 7 nitrogen and oxygen atoms in total. The van der Waals surface area contributed by atoms with Gasteiger partial charge in [-0.15, -0.1) is 0 Å². The number of amides is 3. The summed E-state index contributed by atoms with van der Waals surface area (Å²) in [4.78, 5) is 40.0. The Bertz CT molecular complexity index is 963. The van der Waals surface area contributed by atoms with E-state index in [-0.39, 0.29) is 47.7 Å². The van der Waals surface area contributed by atoms with Crippen molar-refractivity contribution in [2.24, 2.45) is 0 Å². The molecule has 3 rings (SSSR count). The van der Waals surface area contributed by atoms with Crippen LogP contribution in [0.1, 0.15) is 55.4 Å². The van der Waals surface area contributed by atoms with Crippen molar-refractivity contribution in [1.29, 1.82) is 0 Å². The van der Waals surface area contributed by atoms with Crippen LogP contribution in [-0.2, 0) is 26.3 Å². The molecule has 2 N–H and O–H groups in total. The maximum atomic E-state index is 14.7. The quantitative estimate of drug-likeness (QED) is 0.723. The summed E-state index contributed by atoms with van der Waals surface area (Å²) in [6.45, 7) is 5.12. The highest BCUT2D eigenvalue weighted by molar-refractivity contribution is 6.31. The SMILES string of the molecule is Cc1cnc(C(C)(C)C(=O)NCc2cc(F)c(C3CCC(=O)NC3=O)c(Cl)c2)o1. The van der Waals surface area contributed by atoms with Gasteiger partial charge in [-0.05, 0) is 44.9 Å². The van der Waals surface area contributed by atoms with Crippen molar-refractivity contribution in [3.63, 3.8) is 0 Å². The maximum absolute atomic E-state index is 14.7. The van der Waals surface area contributed by atoms with Crippen molar-refractivity contribution < 1.29 is 23.2 Å². The zero-order chi connectivity index (χ0) is 21.3. The van der Waals surface area contributed by atoms with Gasteiger partial charge >= 0.3 is 0 Å². The van der Waals surface area contributed by atoms with Crippen LogP contribution in [0.15, 0.2) is 22.7 Å². The maximum Gasteiger partial charge on any atom is 0.235 e. The van der Waals surface area contributed by atoms with E-state index in [2.05, 4.69) is 15.6 Å². The molecule has 1 aromatic carbocycles. The van der Waals surface area contributed by atoms with E-state index in [1.165, 1.54) is 18.3 Å². The summed E-state index contributed by atoms with van der Waals surface area (Å²) >= 11 is 6.23. The first-order chi connectivity index (χ1) is 13.6. The number of rotatable bonds is 5. The van der Waals surface area contributed by atoms with E-state index in [0.29, 0.717) is 11.3 Å². The number of carbonyl (C=O) groups is 3. The molecule has 1 aliphatic rings. The molecular weight excluding hydrogens is 401 g/mol. The molecule has 1 saturated heterocycles. The molecule has 29 heavy (non-hydrogen) atoms. The number of carbonyl (C=O) groups excluding carboxylic acids is 3. The van der Waals surface area contributed by atoms with Crippen molar-refractivity contribution in [1.82, 2.24) is 15.6 Å². The molecule has 2 heterocycles. The second kappa shape index (κ2) is 7.94. The largest absolute Gasteiger partial charge is 0.445 e. The highest BCUT2D eigenvalue weighted by Gasteiger charge is 2.35. The molecule has 154 valence electrons. The molecule has 3 amide bonds. The summed E-state index contributed by atoms with van der Waals surface area (Å²) in [5, 5.41) is 5.00. The lowest BCUT2D eigenvalue weighted by Crippen LogP contribution is -2.40. The van der Waals surface area contributed by atoms with Crippen LogP contribution in [0.4, 0.5) is 4.39 Å². The number of halogens is 2. The zero-order valence-electron chi connectivity index (χ0n) is 16.3. The molecule has 1 atom stereocenters. The number of oxazole rings is 1. The fourth-order valence-electron chi connectivity index (χ4n) is 3.18. The zero-order valence-corrected chi connectivity index (χ0v) is 17.0. The standard InChI is InChI=1S/C20H21ClFN3O4/c1-10-8-24-19(29-10)20(2,3)18(28)23-9-11-6-13(21)16(14(22)7-11)12-4-5-15(26)25-17(12)27/h6-8,12H,4-5,9H2,1-3H3,(H,23,28)(H,25,26,27). The summed E-state index contributed by atoms with van der Waals surface area (Å²) in [6, 6.07) is 2.74. The van der Waals surface area contributed by atoms with E-state index in [1.54, 1.807) is 20.8 Å². The van der Waals surface area contributed by atoms with Gasteiger partial charge in [-0.25, -0.2) is 9.37 Å². The topological polar surface area (TPSA) is 101 Å².